The van der Waals surface area contributed by atoms with E-state index in [-0.39, 0.29) is 35.7 Å². The lowest BCUT2D eigenvalue weighted by atomic mass is 10.0. The molecule has 0 bridgehead atoms. The first-order valence-corrected chi connectivity index (χ1v) is 18.7. The van der Waals surface area contributed by atoms with E-state index in [1.54, 1.807) is 22.2 Å². The van der Waals surface area contributed by atoms with Crippen LogP contribution in [0.5, 0.6) is 0 Å². The van der Waals surface area contributed by atoms with Crippen molar-refractivity contribution in [1.29, 1.82) is 0 Å². The van der Waals surface area contributed by atoms with E-state index in [0.717, 1.165) is 53.1 Å². The number of aromatic amines is 2. The quantitative estimate of drug-likeness (QED) is 0.134. The van der Waals surface area contributed by atoms with Crippen molar-refractivity contribution in [2.24, 2.45) is 11.8 Å². The number of fused-ring (bicyclic) bond motifs is 3. The van der Waals surface area contributed by atoms with E-state index in [1.807, 2.05) is 58.0 Å². The Bertz CT molecular complexity index is 2220. The van der Waals surface area contributed by atoms with Crippen molar-refractivity contribution in [2.45, 2.75) is 77.5 Å². The molecule has 2 aliphatic rings. The smallest absolute Gasteiger partial charge is 0.407 e. The van der Waals surface area contributed by atoms with Gasteiger partial charge in [0.25, 0.3) is 0 Å². The largest absolute Gasteiger partial charge is 0.453 e. The first-order valence-electron chi connectivity index (χ1n) is 18.7. The normalized spacial score (nSPS) is 18.3. The molecule has 16 nitrogen and oxygen atoms in total. The van der Waals surface area contributed by atoms with Gasteiger partial charge in [0.15, 0.2) is 5.76 Å². The number of H-pyrrole nitrogens is 2. The van der Waals surface area contributed by atoms with Gasteiger partial charge in [0.1, 0.15) is 29.4 Å². The highest BCUT2D eigenvalue weighted by Crippen LogP contribution is 2.36. The van der Waals surface area contributed by atoms with E-state index in [4.69, 9.17) is 18.9 Å². The highest BCUT2D eigenvalue weighted by molar-refractivity contribution is 6.05. The average molecular weight is 754 g/mol. The van der Waals surface area contributed by atoms with E-state index < -0.39 is 24.3 Å². The molecule has 290 valence electrons. The van der Waals surface area contributed by atoms with Gasteiger partial charge in [-0.1, -0.05) is 39.8 Å². The molecule has 4 atom stereocenters. The zero-order chi connectivity index (χ0) is 39.0. The summed E-state index contributed by atoms with van der Waals surface area (Å²) in [5.74, 6) is 1.69. The molecule has 0 saturated carbocycles. The average Bonchev–Trinajstić information content (AvgIpc) is 4.03. The third kappa shape index (κ3) is 7.32. The van der Waals surface area contributed by atoms with Crippen LogP contribution in [0.1, 0.15) is 77.1 Å². The van der Waals surface area contributed by atoms with Crippen LogP contribution in [0.4, 0.5) is 9.59 Å². The second-order valence-electron chi connectivity index (χ2n) is 14.8. The minimum Gasteiger partial charge on any atom is -0.453 e. The van der Waals surface area contributed by atoms with Crippen LogP contribution in [0, 0.1) is 11.8 Å². The van der Waals surface area contributed by atoms with Crippen molar-refractivity contribution in [2.75, 3.05) is 27.3 Å². The lowest BCUT2D eigenvalue weighted by molar-refractivity contribution is -0.136. The fourth-order valence-electron chi connectivity index (χ4n) is 7.67. The zero-order valence-electron chi connectivity index (χ0n) is 31.8. The second kappa shape index (κ2) is 15.4. The molecular formula is C39H47N9O7. The van der Waals surface area contributed by atoms with Crippen molar-refractivity contribution in [3.63, 3.8) is 0 Å². The number of ether oxygens (including phenoxy) is 2. The van der Waals surface area contributed by atoms with Gasteiger partial charge in [-0.3, -0.25) is 9.59 Å². The summed E-state index contributed by atoms with van der Waals surface area (Å²) in [4.78, 5) is 75.7. The fourth-order valence-corrected chi connectivity index (χ4v) is 7.67. The molecule has 2 aliphatic heterocycles. The van der Waals surface area contributed by atoms with Gasteiger partial charge in [-0.2, -0.15) is 0 Å². The highest BCUT2D eigenvalue weighted by atomic mass is 16.5. The third-order valence-corrected chi connectivity index (χ3v) is 10.6. The number of oxazole rings is 1. The van der Waals surface area contributed by atoms with E-state index in [2.05, 4.69) is 30.6 Å². The zero-order valence-corrected chi connectivity index (χ0v) is 31.8. The first-order chi connectivity index (χ1) is 26.5. The minimum atomic E-state index is -0.720. The number of nitrogens with zero attached hydrogens (tertiary/aromatic N) is 5. The number of alkyl carbamates (subject to hydrolysis) is 2. The van der Waals surface area contributed by atoms with Gasteiger partial charge in [0.05, 0.1) is 49.7 Å². The molecule has 0 unspecified atom stereocenters. The molecule has 4 amide bonds. The van der Waals surface area contributed by atoms with Crippen molar-refractivity contribution >= 4 is 45.8 Å². The fraction of sp³-hybridized carbons (Fsp3) is 0.462. The molecule has 0 spiro atoms. The number of likely N-dealkylation sites (tertiary alicyclic amines) is 2. The number of amides is 4. The van der Waals surface area contributed by atoms with E-state index >= 15 is 0 Å². The molecule has 4 N–H and O–H groups in total. The Hall–Kier alpha value is -5.93. The molecule has 3 aromatic heterocycles. The van der Waals surface area contributed by atoms with Crippen LogP contribution in [-0.4, -0.2) is 98.1 Å². The van der Waals surface area contributed by atoms with Crippen molar-refractivity contribution in [3.05, 3.63) is 54.4 Å². The van der Waals surface area contributed by atoms with Crippen LogP contribution in [0.2, 0.25) is 0 Å². The van der Waals surface area contributed by atoms with Crippen LogP contribution in [0.3, 0.4) is 0 Å². The number of imidazole rings is 2. The van der Waals surface area contributed by atoms with E-state index in [9.17, 15) is 19.2 Å². The predicted octanol–water partition coefficient (Wildman–Crippen LogP) is 5.85. The number of nitrogens with one attached hydrogen (secondary N) is 4. The molecular weight excluding hydrogens is 706 g/mol. The van der Waals surface area contributed by atoms with Gasteiger partial charge in [-0.25, -0.2) is 24.5 Å². The van der Waals surface area contributed by atoms with Crippen LogP contribution in [-0.2, 0) is 19.1 Å². The number of benzene rings is 2. The summed E-state index contributed by atoms with van der Waals surface area (Å²) in [6, 6.07) is 7.96. The van der Waals surface area contributed by atoms with Gasteiger partial charge in [0, 0.05) is 24.0 Å². The summed E-state index contributed by atoms with van der Waals surface area (Å²) in [6.45, 7) is 8.68. The maximum Gasteiger partial charge on any atom is 0.407 e. The number of carbonyl (C=O) groups is 4. The number of methoxy groups -OCH3 is 2. The summed E-state index contributed by atoms with van der Waals surface area (Å²) < 4.78 is 15.7. The number of hydrogen-bond donors (Lipinski definition) is 4. The summed E-state index contributed by atoms with van der Waals surface area (Å²) in [6.07, 6.45) is 5.16. The molecule has 5 aromatic rings. The molecule has 7 rings (SSSR count). The summed E-state index contributed by atoms with van der Waals surface area (Å²) in [5.41, 5.74) is 3.07. The maximum atomic E-state index is 13.7. The van der Waals surface area contributed by atoms with Gasteiger partial charge < -0.3 is 44.3 Å². The maximum absolute atomic E-state index is 13.7. The SMILES string of the molecule is COC(=O)N[C@H](C(=O)N1CCC[C@H]1c1ncc(-c2cnc(-c3ccc4c(ccc5nc([C@@H]6CCCN6C(=O)[C@@H](NC(=O)OC)C(C)C)[nH]c54)c3)o2)[nH]1)C(C)C. The van der Waals surface area contributed by atoms with Crippen molar-refractivity contribution in [1.82, 2.24) is 45.4 Å². The Labute approximate surface area is 317 Å². The molecule has 55 heavy (non-hydrogen) atoms. The summed E-state index contributed by atoms with van der Waals surface area (Å²) in [7, 11) is 2.56. The van der Waals surface area contributed by atoms with E-state index in [0.29, 0.717) is 42.1 Å². The lowest BCUT2D eigenvalue weighted by Crippen LogP contribution is -2.51. The highest BCUT2D eigenvalue weighted by Gasteiger charge is 2.39. The van der Waals surface area contributed by atoms with Crippen LogP contribution >= 0.6 is 0 Å². The Morgan fingerprint density at radius 1 is 0.800 bits per heavy atom. The molecule has 5 heterocycles. The number of rotatable bonds is 10. The molecule has 16 heteroatoms. The molecule has 2 saturated heterocycles. The van der Waals surface area contributed by atoms with Gasteiger partial charge in [0.2, 0.25) is 17.7 Å². The van der Waals surface area contributed by atoms with Gasteiger partial charge >= 0.3 is 12.2 Å². The first kappa shape index (κ1) is 37.4. The Kier molecular flexibility index (Phi) is 10.5. The molecule has 0 radical (unpaired) electrons. The third-order valence-electron chi connectivity index (χ3n) is 10.6. The minimum absolute atomic E-state index is 0.125. The van der Waals surface area contributed by atoms with Gasteiger partial charge in [-0.05, 0) is 61.1 Å². The Balaban J connectivity index is 1.09. The monoisotopic (exact) mass is 753 g/mol. The molecule has 2 aromatic carbocycles. The molecule has 2 fully saturated rings. The van der Waals surface area contributed by atoms with Crippen molar-refractivity contribution < 1.29 is 33.1 Å². The Morgan fingerprint density at radius 3 is 2.02 bits per heavy atom. The number of carbonyl (C=O) groups excluding carboxylic acids is 4. The predicted molar refractivity (Wildman–Crippen MR) is 202 cm³/mol. The lowest BCUT2D eigenvalue weighted by Gasteiger charge is -2.29. The van der Waals surface area contributed by atoms with Gasteiger partial charge in [-0.15, -0.1) is 0 Å². The molecule has 0 aliphatic carbocycles. The van der Waals surface area contributed by atoms with E-state index in [1.165, 1.54) is 14.2 Å². The topological polar surface area (TPSA) is 201 Å². The van der Waals surface area contributed by atoms with Crippen LogP contribution < -0.4 is 10.6 Å². The van der Waals surface area contributed by atoms with Crippen LogP contribution in [0.25, 0.3) is 44.7 Å². The van der Waals surface area contributed by atoms with Crippen molar-refractivity contribution in [3.8, 4) is 22.9 Å². The summed E-state index contributed by atoms with van der Waals surface area (Å²) in [5, 5.41) is 7.29. The number of aromatic nitrogens is 5. The Morgan fingerprint density at radius 2 is 1.42 bits per heavy atom. The van der Waals surface area contributed by atoms with Crippen LogP contribution in [0.15, 0.2) is 47.1 Å². The second-order valence-corrected chi connectivity index (χ2v) is 14.8. The summed E-state index contributed by atoms with van der Waals surface area (Å²) >= 11 is 0. The standard InChI is InChI=1S/C39H47N9O7/c1-20(2)30(45-38(51)53-5)36(49)47-15-7-9-27(47)33-40-18-26(43-33)29-19-41-35(55-29)23-11-13-24-22(17-23)12-14-25-32(24)44-34(42-25)28-10-8-16-48(28)37(50)31(21(3)4)46-39(52)54-6/h11-14,17-21,27-28,30-31H,7-10,15-16H2,1-6H3,(H,40,43)(H,42,44)(H,45,51)(H,46,52)/t27-,28-,30-,31-/m0/s1. The number of hydrogen-bond acceptors (Lipinski definition) is 10.